The summed E-state index contributed by atoms with van der Waals surface area (Å²) < 4.78 is 1.62. The summed E-state index contributed by atoms with van der Waals surface area (Å²) in [5.41, 5.74) is 0.865. The van der Waals surface area contributed by atoms with E-state index in [1.54, 1.807) is 4.68 Å². The van der Waals surface area contributed by atoms with Crippen molar-refractivity contribution in [1.29, 1.82) is 0 Å². The lowest BCUT2D eigenvalue weighted by atomic mass is 10.1. The smallest absolute Gasteiger partial charge is 0.0964 e. The molecule has 1 unspecified atom stereocenters. The Bertz CT molecular complexity index is 290. The lowest BCUT2D eigenvalue weighted by Crippen LogP contribution is -2.21. The molecule has 1 aromatic rings. The van der Waals surface area contributed by atoms with Crippen LogP contribution in [0.15, 0.2) is 6.20 Å². The van der Waals surface area contributed by atoms with Gasteiger partial charge in [-0.2, -0.15) is 0 Å². The van der Waals surface area contributed by atoms with Crippen molar-refractivity contribution in [2.75, 3.05) is 19.8 Å². The highest BCUT2D eigenvalue weighted by atomic mass is 16.3. The van der Waals surface area contributed by atoms with Gasteiger partial charge in [-0.15, -0.1) is 5.10 Å². The highest BCUT2D eigenvalue weighted by Gasteiger charge is 2.03. The zero-order valence-corrected chi connectivity index (χ0v) is 9.63. The molecule has 0 radical (unpaired) electrons. The molecule has 0 aliphatic heterocycles. The van der Waals surface area contributed by atoms with E-state index in [9.17, 15) is 0 Å². The van der Waals surface area contributed by atoms with Crippen molar-refractivity contribution in [2.24, 2.45) is 5.92 Å². The summed E-state index contributed by atoms with van der Waals surface area (Å²) >= 11 is 0. The van der Waals surface area contributed by atoms with Crippen molar-refractivity contribution in [3.63, 3.8) is 0 Å². The minimum Gasteiger partial charge on any atom is -0.396 e. The number of aromatic nitrogens is 3. The third kappa shape index (κ3) is 4.69. The average molecular weight is 228 g/mol. The zero-order chi connectivity index (χ0) is 11.8. The third-order valence-corrected chi connectivity index (χ3v) is 2.34. The van der Waals surface area contributed by atoms with Crippen LogP contribution in [-0.2, 0) is 13.1 Å². The highest BCUT2D eigenvalue weighted by Crippen LogP contribution is 1.99. The van der Waals surface area contributed by atoms with Crippen LogP contribution in [0.3, 0.4) is 0 Å². The molecule has 0 aliphatic rings. The number of hydrogen-bond acceptors (Lipinski definition) is 5. The number of nitrogens with zero attached hydrogens (tertiary/aromatic N) is 3. The van der Waals surface area contributed by atoms with Gasteiger partial charge in [-0.3, -0.25) is 0 Å². The number of aliphatic hydroxyl groups is 2. The Kier molecular flexibility index (Phi) is 5.99. The van der Waals surface area contributed by atoms with Crippen molar-refractivity contribution in [3.05, 3.63) is 11.9 Å². The van der Waals surface area contributed by atoms with Gasteiger partial charge in [0, 0.05) is 19.3 Å². The number of nitrogens with one attached hydrogen (secondary N) is 1. The van der Waals surface area contributed by atoms with E-state index >= 15 is 0 Å². The first kappa shape index (κ1) is 13.1. The predicted molar refractivity (Wildman–Crippen MR) is 59.7 cm³/mol. The second-order valence-electron chi connectivity index (χ2n) is 3.94. The second-order valence-corrected chi connectivity index (χ2v) is 3.94. The van der Waals surface area contributed by atoms with E-state index in [4.69, 9.17) is 10.2 Å². The molecule has 0 aliphatic carbocycles. The van der Waals surface area contributed by atoms with Crippen LogP contribution in [-0.4, -0.2) is 45.0 Å². The number of rotatable bonds is 8. The molecule has 0 spiro atoms. The van der Waals surface area contributed by atoms with Gasteiger partial charge in [0.1, 0.15) is 0 Å². The number of hydrogen-bond donors (Lipinski definition) is 3. The van der Waals surface area contributed by atoms with E-state index in [2.05, 4.69) is 22.6 Å². The molecule has 6 heteroatoms. The summed E-state index contributed by atoms with van der Waals surface area (Å²) in [4.78, 5) is 0. The highest BCUT2D eigenvalue weighted by molar-refractivity contribution is 4.91. The molecule has 16 heavy (non-hydrogen) atoms. The summed E-state index contributed by atoms with van der Waals surface area (Å²) in [6.45, 7) is 4.40. The Morgan fingerprint density at radius 3 is 2.94 bits per heavy atom. The van der Waals surface area contributed by atoms with Crippen molar-refractivity contribution >= 4 is 0 Å². The van der Waals surface area contributed by atoms with E-state index in [1.807, 2.05) is 6.20 Å². The first-order valence-corrected chi connectivity index (χ1v) is 5.57. The lowest BCUT2D eigenvalue weighted by Gasteiger charge is -2.09. The molecule has 0 bridgehead atoms. The molecule has 1 rings (SSSR count). The molecular weight excluding hydrogens is 208 g/mol. The van der Waals surface area contributed by atoms with Crippen molar-refractivity contribution < 1.29 is 10.2 Å². The van der Waals surface area contributed by atoms with Gasteiger partial charge in [0.25, 0.3) is 0 Å². The van der Waals surface area contributed by atoms with E-state index in [0.717, 1.165) is 18.7 Å². The fourth-order valence-electron chi connectivity index (χ4n) is 1.40. The van der Waals surface area contributed by atoms with Gasteiger partial charge in [-0.25, -0.2) is 4.68 Å². The maximum atomic E-state index is 8.74. The fourth-order valence-corrected chi connectivity index (χ4v) is 1.40. The van der Waals surface area contributed by atoms with Crippen LogP contribution in [0.1, 0.15) is 19.0 Å². The Morgan fingerprint density at radius 2 is 2.25 bits per heavy atom. The van der Waals surface area contributed by atoms with Gasteiger partial charge in [-0.05, 0) is 18.9 Å². The Labute approximate surface area is 95.3 Å². The van der Waals surface area contributed by atoms with Gasteiger partial charge in [-0.1, -0.05) is 12.1 Å². The van der Waals surface area contributed by atoms with Crippen LogP contribution in [0, 0.1) is 5.92 Å². The van der Waals surface area contributed by atoms with Crippen LogP contribution in [0.5, 0.6) is 0 Å². The Balaban J connectivity index is 2.21. The van der Waals surface area contributed by atoms with E-state index in [0.29, 0.717) is 19.0 Å². The van der Waals surface area contributed by atoms with Crippen LogP contribution in [0.2, 0.25) is 0 Å². The third-order valence-electron chi connectivity index (χ3n) is 2.34. The van der Waals surface area contributed by atoms with Gasteiger partial charge in [0.15, 0.2) is 0 Å². The fraction of sp³-hybridized carbons (Fsp3) is 0.800. The molecule has 1 atom stereocenters. The van der Waals surface area contributed by atoms with Crippen LogP contribution in [0.4, 0.5) is 0 Å². The molecule has 0 saturated heterocycles. The molecule has 92 valence electrons. The SMILES string of the molecule is CC(CCO)CNCc1cn(CCO)nn1. The summed E-state index contributed by atoms with van der Waals surface area (Å²) in [5, 5.41) is 28.5. The molecule has 0 saturated carbocycles. The molecule has 6 nitrogen and oxygen atoms in total. The molecule has 3 N–H and O–H groups in total. The molecular formula is C10H20N4O2. The lowest BCUT2D eigenvalue weighted by molar-refractivity contribution is 0.260. The van der Waals surface area contributed by atoms with Crippen molar-refractivity contribution in [2.45, 2.75) is 26.4 Å². The topological polar surface area (TPSA) is 83.2 Å². The van der Waals surface area contributed by atoms with Crippen LogP contribution < -0.4 is 5.32 Å². The normalized spacial score (nSPS) is 12.9. The summed E-state index contributed by atoms with van der Waals surface area (Å²) in [6, 6.07) is 0. The predicted octanol–water partition coefficient (Wildman–Crippen LogP) is -0.621. The standard InChI is InChI=1S/C10H20N4O2/c1-9(2-4-15)6-11-7-10-8-14(3-5-16)13-12-10/h8-9,11,15-16H,2-7H2,1H3. The minimum absolute atomic E-state index is 0.0732. The Hall–Kier alpha value is -0.980. The van der Waals surface area contributed by atoms with Gasteiger partial charge in [0.2, 0.25) is 0 Å². The molecule has 0 amide bonds. The first-order chi connectivity index (χ1) is 7.76. The van der Waals surface area contributed by atoms with Crippen LogP contribution in [0.25, 0.3) is 0 Å². The molecule has 1 heterocycles. The first-order valence-electron chi connectivity index (χ1n) is 5.57. The zero-order valence-electron chi connectivity index (χ0n) is 9.63. The maximum Gasteiger partial charge on any atom is 0.0964 e. The minimum atomic E-state index is 0.0732. The molecule has 0 aromatic carbocycles. The maximum absolute atomic E-state index is 8.74. The van der Waals surface area contributed by atoms with E-state index < -0.39 is 0 Å². The van der Waals surface area contributed by atoms with Crippen molar-refractivity contribution in [3.8, 4) is 0 Å². The van der Waals surface area contributed by atoms with E-state index in [1.165, 1.54) is 0 Å². The second kappa shape index (κ2) is 7.32. The monoisotopic (exact) mass is 228 g/mol. The van der Waals surface area contributed by atoms with Crippen LogP contribution >= 0.6 is 0 Å². The summed E-state index contributed by atoms with van der Waals surface area (Å²) in [5.74, 6) is 0.456. The average Bonchev–Trinajstić information content (AvgIpc) is 2.67. The Morgan fingerprint density at radius 1 is 1.44 bits per heavy atom. The van der Waals surface area contributed by atoms with Gasteiger partial charge in [0.05, 0.1) is 18.8 Å². The molecule has 0 fully saturated rings. The summed E-state index contributed by atoms with van der Waals surface area (Å²) in [6.07, 6.45) is 2.63. The van der Waals surface area contributed by atoms with Crippen molar-refractivity contribution in [1.82, 2.24) is 20.3 Å². The van der Waals surface area contributed by atoms with Gasteiger partial charge < -0.3 is 15.5 Å². The number of aliphatic hydroxyl groups excluding tert-OH is 2. The molecule has 1 aromatic heterocycles. The largest absolute Gasteiger partial charge is 0.396 e. The van der Waals surface area contributed by atoms with Gasteiger partial charge >= 0.3 is 0 Å². The quantitative estimate of drug-likeness (QED) is 0.552. The summed E-state index contributed by atoms with van der Waals surface area (Å²) in [7, 11) is 0. The van der Waals surface area contributed by atoms with E-state index in [-0.39, 0.29) is 13.2 Å².